The van der Waals surface area contributed by atoms with Gasteiger partial charge in [-0.15, -0.1) is 0 Å². The molecule has 0 saturated heterocycles. The van der Waals surface area contributed by atoms with Gasteiger partial charge in [0.15, 0.2) is 11.5 Å². The molecule has 1 N–H and O–H groups in total. The van der Waals surface area contributed by atoms with Crippen LogP contribution >= 0.6 is 0 Å². The van der Waals surface area contributed by atoms with Crippen LogP contribution in [0.15, 0.2) is 54.6 Å². The molecule has 0 aromatic heterocycles. The van der Waals surface area contributed by atoms with Crippen LogP contribution in [-0.2, 0) is 4.79 Å². The average molecular weight is 506 g/mol. The zero-order valence-corrected chi connectivity index (χ0v) is 20.8. The molecule has 0 radical (unpaired) electrons. The molecular formula is C29H29O8-. The van der Waals surface area contributed by atoms with Gasteiger partial charge < -0.3 is 38.7 Å². The maximum atomic E-state index is 12.9. The van der Waals surface area contributed by atoms with Gasteiger partial charge in [0.25, 0.3) is 0 Å². The van der Waals surface area contributed by atoms with Crippen LogP contribution in [0.25, 0.3) is 0 Å². The zero-order chi connectivity index (χ0) is 25.9. The molecule has 1 aliphatic heterocycles. The predicted molar refractivity (Wildman–Crippen MR) is 133 cm³/mol. The number of carboxylic acid groups (broad SMARTS) is 1. The quantitative estimate of drug-likeness (QED) is 0.448. The number of carbonyl (C=O) groups excluding carboxylic acids is 1. The molecule has 8 heteroatoms. The van der Waals surface area contributed by atoms with E-state index in [4.69, 9.17) is 23.7 Å². The molecule has 0 bridgehead atoms. The molecular weight excluding hydrogens is 476 g/mol. The fourth-order valence-electron chi connectivity index (χ4n) is 5.30. The van der Waals surface area contributed by atoms with Crippen molar-refractivity contribution in [1.29, 1.82) is 0 Å². The number of ether oxygens (including phenoxy) is 5. The van der Waals surface area contributed by atoms with Gasteiger partial charge in [0.2, 0.25) is 6.79 Å². The Bertz CT molecular complexity index is 1290. The van der Waals surface area contributed by atoms with Gasteiger partial charge in [0.05, 0.1) is 20.3 Å². The number of aliphatic carboxylic acids is 1. The fraction of sp³-hybridized carbons (Fsp3) is 0.345. The Hall–Kier alpha value is -3.91. The lowest BCUT2D eigenvalue weighted by Crippen LogP contribution is -2.36. The Morgan fingerprint density at radius 1 is 0.919 bits per heavy atom. The molecule has 0 fully saturated rings. The third kappa shape index (κ3) is 4.64. The van der Waals surface area contributed by atoms with Gasteiger partial charge in [-0.25, -0.2) is 0 Å². The summed E-state index contributed by atoms with van der Waals surface area (Å²) in [5.41, 5.74) is 3.15. The minimum atomic E-state index is -1.18. The Morgan fingerprint density at radius 2 is 1.70 bits per heavy atom. The van der Waals surface area contributed by atoms with Crippen LogP contribution in [0.5, 0.6) is 28.7 Å². The van der Waals surface area contributed by atoms with E-state index in [1.54, 1.807) is 25.3 Å². The number of methoxy groups -OCH3 is 1. The zero-order valence-electron chi connectivity index (χ0n) is 20.8. The van der Waals surface area contributed by atoms with Crippen molar-refractivity contribution in [2.75, 3.05) is 33.7 Å². The van der Waals surface area contributed by atoms with E-state index in [9.17, 15) is 15.0 Å². The first-order valence-corrected chi connectivity index (χ1v) is 12.3. The van der Waals surface area contributed by atoms with Gasteiger partial charge in [0.1, 0.15) is 23.9 Å². The molecule has 3 atom stereocenters. The van der Waals surface area contributed by atoms with Crippen molar-refractivity contribution in [3.8, 4) is 28.7 Å². The number of rotatable bonds is 10. The molecule has 0 spiro atoms. The molecule has 3 aromatic rings. The Morgan fingerprint density at radius 3 is 2.46 bits per heavy atom. The van der Waals surface area contributed by atoms with Crippen LogP contribution in [0.4, 0.5) is 0 Å². The first kappa shape index (κ1) is 24.8. The second-order valence-electron chi connectivity index (χ2n) is 9.03. The highest BCUT2D eigenvalue weighted by molar-refractivity contribution is 5.77. The van der Waals surface area contributed by atoms with Crippen LogP contribution in [0.1, 0.15) is 47.4 Å². The van der Waals surface area contributed by atoms with E-state index in [-0.39, 0.29) is 20.0 Å². The second-order valence-corrected chi connectivity index (χ2v) is 9.03. The molecule has 37 heavy (non-hydrogen) atoms. The molecule has 3 aromatic carbocycles. The summed E-state index contributed by atoms with van der Waals surface area (Å²) >= 11 is 0. The average Bonchev–Trinajstić information content (AvgIpc) is 3.52. The number of hydrogen-bond acceptors (Lipinski definition) is 8. The highest BCUT2D eigenvalue weighted by atomic mass is 16.7. The van der Waals surface area contributed by atoms with Crippen molar-refractivity contribution in [3.63, 3.8) is 0 Å². The highest BCUT2D eigenvalue weighted by Crippen LogP contribution is 2.55. The summed E-state index contributed by atoms with van der Waals surface area (Å²) in [6.07, 6.45) is 0.847. The van der Waals surface area contributed by atoms with Crippen molar-refractivity contribution in [3.05, 3.63) is 76.9 Å². The van der Waals surface area contributed by atoms with Gasteiger partial charge >= 0.3 is 0 Å². The number of hydrogen-bond donors (Lipinski definition) is 1. The number of benzene rings is 3. The summed E-state index contributed by atoms with van der Waals surface area (Å²) in [5, 5.41) is 22.3. The fourth-order valence-corrected chi connectivity index (χ4v) is 5.30. The highest BCUT2D eigenvalue weighted by Gasteiger charge is 2.44. The Balaban J connectivity index is 1.69. The topological polar surface area (TPSA) is 107 Å². The first-order chi connectivity index (χ1) is 18.0. The summed E-state index contributed by atoms with van der Waals surface area (Å²) < 4.78 is 28.2. The lowest BCUT2D eigenvalue weighted by atomic mass is 9.79. The molecule has 3 unspecified atom stereocenters. The smallest absolute Gasteiger partial charge is 0.231 e. The Labute approximate surface area is 215 Å². The van der Waals surface area contributed by atoms with E-state index < -0.39 is 23.7 Å². The lowest BCUT2D eigenvalue weighted by molar-refractivity contribution is -0.312. The normalized spacial score (nSPS) is 19.4. The monoisotopic (exact) mass is 505 g/mol. The summed E-state index contributed by atoms with van der Waals surface area (Å²) in [5.74, 6) is -0.340. The van der Waals surface area contributed by atoms with E-state index in [1.807, 2.05) is 43.3 Å². The summed E-state index contributed by atoms with van der Waals surface area (Å²) in [4.78, 5) is 12.9. The maximum Gasteiger partial charge on any atom is 0.231 e. The number of aliphatic hydroxyl groups is 1. The van der Waals surface area contributed by atoms with Crippen LogP contribution < -0.4 is 28.8 Å². The number of aliphatic hydroxyl groups excluding tert-OH is 1. The Kier molecular flexibility index (Phi) is 7.10. The summed E-state index contributed by atoms with van der Waals surface area (Å²) in [6.45, 7) is 2.58. The van der Waals surface area contributed by atoms with Crippen LogP contribution in [0, 0.1) is 5.92 Å². The molecule has 194 valence electrons. The second kappa shape index (κ2) is 10.6. The van der Waals surface area contributed by atoms with Crippen molar-refractivity contribution in [1.82, 2.24) is 0 Å². The summed E-state index contributed by atoms with van der Waals surface area (Å²) in [7, 11) is 1.55. The van der Waals surface area contributed by atoms with Crippen LogP contribution in [0.2, 0.25) is 0 Å². The summed E-state index contributed by atoms with van der Waals surface area (Å²) in [6, 6.07) is 16.5. The number of carbonyl (C=O) groups is 1. The number of fused-ring (bicyclic) bond motifs is 2. The molecule has 8 nitrogen and oxygen atoms in total. The maximum absolute atomic E-state index is 12.9. The van der Waals surface area contributed by atoms with Crippen LogP contribution in [0.3, 0.4) is 0 Å². The predicted octanol–water partition coefficient (Wildman–Crippen LogP) is 3.23. The SMILES string of the molecule is CCCOc1ccc2c(c1)C(c1ccc(OC)cc1OCCO)C(C(=O)[O-])C2c1ccc2c(c1)OCO2. The van der Waals surface area contributed by atoms with Crippen molar-refractivity contribution < 1.29 is 38.7 Å². The molecule has 0 amide bonds. The number of carboxylic acids is 1. The molecule has 1 aliphatic carbocycles. The molecule has 0 saturated carbocycles. The van der Waals surface area contributed by atoms with E-state index in [0.29, 0.717) is 40.9 Å². The largest absolute Gasteiger partial charge is 0.550 e. The van der Waals surface area contributed by atoms with Gasteiger partial charge in [0, 0.05) is 35.4 Å². The lowest BCUT2D eigenvalue weighted by Gasteiger charge is -2.28. The van der Waals surface area contributed by atoms with Crippen molar-refractivity contribution in [2.45, 2.75) is 25.2 Å². The minimum Gasteiger partial charge on any atom is -0.550 e. The molecule has 5 rings (SSSR count). The van der Waals surface area contributed by atoms with E-state index in [2.05, 4.69) is 0 Å². The third-order valence-electron chi connectivity index (χ3n) is 6.85. The standard InChI is InChI=1S/C29H30O8/c1-3-11-34-19-6-7-20-22(14-19)27(21-8-5-18(33-2)15-24(21)35-12-10-30)28(29(31)32)26(20)17-4-9-23-25(13-17)37-16-36-23/h4-9,13-15,26-28,30H,3,10-12,16H2,1-2H3,(H,31,32)/p-1. The van der Waals surface area contributed by atoms with Crippen molar-refractivity contribution in [2.24, 2.45) is 5.92 Å². The molecule has 1 heterocycles. The van der Waals surface area contributed by atoms with E-state index >= 15 is 0 Å². The minimum absolute atomic E-state index is 0.0565. The van der Waals surface area contributed by atoms with Crippen LogP contribution in [-0.4, -0.2) is 44.8 Å². The van der Waals surface area contributed by atoms with Gasteiger partial charge in [-0.05, 0) is 53.4 Å². The van der Waals surface area contributed by atoms with Crippen molar-refractivity contribution >= 4 is 5.97 Å². The van der Waals surface area contributed by atoms with Gasteiger partial charge in [-0.1, -0.05) is 25.1 Å². The first-order valence-electron chi connectivity index (χ1n) is 12.3. The van der Waals surface area contributed by atoms with E-state index in [1.165, 1.54) is 0 Å². The van der Waals surface area contributed by atoms with Gasteiger partial charge in [-0.3, -0.25) is 0 Å². The van der Waals surface area contributed by atoms with E-state index in [0.717, 1.165) is 23.1 Å². The molecule has 2 aliphatic rings. The van der Waals surface area contributed by atoms with Gasteiger partial charge in [-0.2, -0.15) is 0 Å². The third-order valence-corrected chi connectivity index (χ3v) is 6.85.